The van der Waals surface area contributed by atoms with Gasteiger partial charge in [0.1, 0.15) is 0 Å². The van der Waals surface area contributed by atoms with Crippen molar-refractivity contribution in [1.29, 1.82) is 0 Å². The molecule has 0 saturated carbocycles. The van der Waals surface area contributed by atoms with Crippen molar-refractivity contribution in [2.45, 2.75) is 6.92 Å². The van der Waals surface area contributed by atoms with Crippen molar-refractivity contribution in [3.63, 3.8) is 0 Å². The lowest BCUT2D eigenvalue weighted by molar-refractivity contribution is -0.110. The number of aromatic carboxylic acids is 1. The van der Waals surface area contributed by atoms with Gasteiger partial charge in [0.15, 0.2) is 0 Å². The number of carbonyl (C=O) groups excluding carboxylic acids is 2. The first-order valence-electron chi connectivity index (χ1n) is 7.02. The number of rotatable bonds is 3. The fraction of sp³-hybridized carbons (Fsp3) is 0.0625. The van der Waals surface area contributed by atoms with E-state index in [1.54, 1.807) is 31.2 Å². The van der Waals surface area contributed by atoms with Crippen molar-refractivity contribution < 1.29 is 19.5 Å². The minimum atomic E-state index is -1.04. The molecule has 0 fully saturated rings. The molecular formula is C16H14N4O4. The smallest absolute Gasteiger partial charge is 0.337 e. The number of urea groups is 1. The van der Waals surface area contributed by atoms with E-state index in [9.17, 15) is 14.4 Å². The van der Waals surface area contributed by atoms with E-state index in [0.717, 1.165) is 0 Å². The first-order chi connectivity index (χ1) is 11.4. The number of carbonyl (C=O) groups is 3. The molecule has 3 amide bonds. The van der Waals surface area contributed by atoms with Gasteiger partial charge in [0, 0.05) is 28.8 Å². The van der Waals surface area contributed by atoms with Crippen LogP contribution in [0.1, 0.15) is 27.2 Å². The summed E-state index contributed by atoms with van der Waals surface area (Å²) < 4.78 is 0. The van der Waals surface area contributed by atoms with Gasteiger partial charge in [-0.3, -0.25) is 4.79 Å². The van der Waals surface area contributed by atoms with E-state index in [1.807, 2.05) is 0 Å². The lowest BCUT2D eigenvalue weighted by Gasteiger charge is -2.04. The fourth-order valence-corrected chi connectivity index (χ4v) is 2.58. The summed E-state index contributed by atoms with van der Waals surface area (Å²) in [5.41, 5.74) is 8.31. The van der Waals surface area contributed by atoms with Gasteiger partial charge in [-0.1, -0.05) is 0 Å². The predicted molar refractivity (Wildman–Crippen MR) is 88.6 cm³/mol. The number of aromatic amines is 1. The third-order valence-electron chi connectivity index (χ3n) is 3.77. The number of primary amides is 1. The highest BCUT2D eigenvalue weighted by molar-refractivity contribution is 6.35. The summed E-state index contributed by atoms with van der Waals surface area (Å²) in [6.45, 7) is 1.66. The molecule has 0 unspecified atom stereocenters. The normalized spacial score (nSPS) is 14.4. The van der Waals surface area contributed by atoms with Crippen molar-refractivity contribution in [2.24, 2.45) is 5.73 Å². The summed E-state index contributed by atoms with van der Waals surface area (Å²) in [7, 11) is 0. The van der Waals surface area contributed by atoms with Crippen LogP contribution in [0.4, 0.5) is 16.2 Å². The quantitative estimate of drug-likeness (QED) is 0.551. The van der Waals surface area contributed by atoms with Crippen molar-refractivity contribution in [3.8, 4) is 0 Å². The number of anilines is 2. The molecule has 122 valence electrons. The highest BCUT2D eigenvalue weighted by atomic mass is 16.4. The van der Waals surface area contributed by atoms with E-state index in [-0.39, 0.29) is 11.5 Å². The molecule has 1 aliphatic rings. The first kappa shape index (κ1) is 15.3. The van der Waals surface area contributed by atoms with Crippen molar-refractivity contribution in [1.82, 2.24) is 4.98 Å². The van der Waals surface area contributed by atoms with Crippen LogP contribution in [0.15, 0.2) is 24.4 Å². The Labute approximate surface area is 136 Å². The molecular weight excluding hydrogens is 312 g/mol. The Bertz CT molecular complexity index is 911. The summed E-state index contributed by atoms with van der Waals surface area (Å²) in [6.07, 6.45) is 2.96. The maximum Gasteiger partial charge on any atom is 0.337 e. The Hall–Kier alpha value is -3.55. The zero-order chi connectivity index (χ0) is 17.4. The number of nitrogens with two attached hydrogens (primary N) is 1. The molecule has 24 heavy (non-hydrogen) atoms. The van der Waals surface area contributed by atoms with Crippen LogP contribution >= 0.6 is 0 Å². The van der Waals surface area contributed by atoms with E-state index in [0.29, 0.717) is 33.8 Å². The maximum atomic E-state index is 12.2. The van der Waals surface area contributed by atoms with Crippen LogP contribution in [0.3, 0.4) is 0 Å². The zero-order valence-corrected chi connectivity index (χ0v) is 12.6. The number of carboxylic acid groups (broad SMARTS) is 1. The molecule has 2 aromatic rings. The minimum absolute atomic E-state index is 0.143. The van der Waals surface area contributed by atoms with Gasteiger partial charge in [0.25, 0.3) is 5.91 Å². The average molecular weight is 326 g/mol. The van der Waals surface area contributed by atoms with Crippen LogP contribution in [0, 0.1) is 6.92 Å². The molecule has 0 radical (unpaired) electrons. The van der Waals surface area contributed by atoms with E-state index in [1.165, 1.54) is 6.20 Å². The third kappa shape index (κ3) is 2.60. The van der Waals surface area contributed by atoms with Gasteiger partial charge in [-0.05, 0) is 36.8 Å². The van der Waals surface area contributed by atoms with Crippen LogP contribution < -0.4 is 16.4 Å². The maximum absolute atomic E-state index is 12.2. The third-order valence-corrected chi connectivity index (χ3v) is 3.77. The number of carboxylic acids is 1. The molecule has 0 saturated heterocycles. The fourth-order valence-electron chi connectivity index (χ4n) is 2.58. The molecule has 1 aromatic carbocycles. The highest BCUT2D eigenvalue weighted by Crippen LogP contribution is 2.35. The van der Waals surface area contributed by atoms with Gasteiger partial charge in [0.05, 0.1) is 11.1 Å². The minimum Gasteiger partial charge on any atom is -0.478 e. The Morgan fingerprint density at radius 1 is 1.33 bits per heavy atom. The number of benzene rings is 1. The Morgan fingerprint density at radius 3 is 2.71 bits per heavy atom. The molecule has 8 nitrogen and oxygen atoms in total. The summed E-state index contributed by atoms with van der Waals surface area (Å²) in [5.74, 6) is -1.36. The van der Waals surface area contributed by atoms with E-state index >= 15 is 0 Å². The Kier molecular flexibility index (Phi) is 3.57. The number of nitrogens with one attached hydrogen (secondary N) is 3. The number of hydrogen-bond acceptors (Lipinski definition) is 3. The average Bonchev–Trinajstić information content (AvgIpc) is 3.00. The monoisotopic (exact) mass is 326 g/mol. The predicted octanol–water partition coefficient (Wildman–Crippen LogP) is 2.00. The zero-order valence-electron chi connectivity index (χ0n) is 12.6. The number of amides is 3. The SMILES string of the molecule is Cc1c(C(=O)O)c[nH]c1C=C1C(=O)Nc2ccc(NC(N)=O)cc21. The molecule has 3 rings (SSSR count). The standard InChI is InChI=1S/C16H14N4O4/c1-7-11(15(22)23)6-18-13(7)5-10-9-4-8(19-16(17)24)2-3-12(9)20-14(10)21/h2-6,18H,1H3,(H,20,21)(H,22,23)(H3,17,19,24). The molecule has 1 aromatic heterocycles. The summed E-state index contributed by atoms with van der Waals surface area (Å²) in [6, 6.07) is 4.20. The topological polar surface area (TPSA) is 137 Å². The largest absolute Gasteiger partial charge is 0.478 e. The number of H-pyrrole nitrogens is 1. The van der Waals surface area contributed by atoms with E-state index < -0.39 is 12.0 Å². The Morgan fingerprint density at radius 2 is 2.08 bits per heavy atom. The van der Waals surface area contributed by atoms with Gasteiger partial charge in [-0.25, -0.2) is 9.59 Å². The summed E-state index contributed by atoms with van der Waals surface area (Å²) in [4.78, 5) is 37.1. The van der Waals surface area contributed by atoms with Gasteiger partial charge in [-0.15, -0.1) is 0 Å². The van der Waals surface area contributed by atoms with Gasteiger partial charge in [-0.2, -0.15) is 0 Å². The van der Waals surface area contributed by atoms with E-state index in [2.05, 4.69) is 15.6 Å². The number of hydrogen-bond donors (Lipinski definition) is 5. The molecule has 8 heteroatoms. The lowest BCUT2D eigenvalue weighted by Crippen LogP contribution is -2.19. The molecule has 6 N–H and O–H groups in total. The van der Waals surface area contributed by atoms with Gasteiger partial charge < -0.3 is 26.5 Å². The molecule has 1 aliphatic heterocycles. The second-order valence-corrected chi connectivity index (χ2v) is 5.31. The lowest BCUT2D eigenvalue weighted by atomic mass is 10.0. The molecule has 0 aliphatic carbocycles. The van der Waals surface area contributed by atoms with E-state index in [4.69, 9.17) is 10.8 Å². The molecule has 0 spiro atoms. The summed E-state index contributed by atoms with van der Waals surface area (Å²) >= 11 is 0. The number of fused-ring (bicyclic) bond motifs is 1. The van der Waals surface area contributed by atoms with Crippen LogP contribution in [0.2, 0.25) is 0 Å². The Balaban J connectivity index is 2.05. The van der Waals surface area contributed by atoms with Gasteiger partial charge >= 0.3 is 12.0 Å². The molecule has 2 heterocycles. The summed E-state index contributed by atoms with van der Waals surface area (Å²) in [5, 5.41) is 14.3. The van der Waals surface area contributed by atoms with Gasteiger partial charge in [0.2, 0.25) is 0 Å². The second-order valence-electron chi connectivity index (χ2n) is 5.31. The van der Waals surface area contributed by atoms with Crippen molar-refractivity contribution in [3.05, 3.63) is 46.8 Å². The van der Waals surface area contributed by atoms with Crippen molar-refractivity contribution >= 4 is 40.9 Å². The first-order valence-corrected chi connectivity index (χ1v) is 7.02. The van der Waals surface area contributed by atoms with Crippen LogP contribution in [-0.4, -0.2) is 28.0 Å². The van der Waals surface area contributed by atoms with Crippen molar-refractivity contribution in [2.75, 3.05) is 10.6 Å². The van der Waals surface area contributed by atoms with Crippen LogP contribution in [-0.2, 0) is 4.79 Å². The molecule has 0 bridgehead atoms. The molecule has 0 atom stereocenters. The van der Waals surface area contributed by atoms with Crippen LogP contribution in [0.5, 0.6) is 0 Å². The van der Waals surface area contributed by atoms with Crippen LogP contribution in [0.25, 0.3) is 11.6 Å². The second kappa shape index (κ2) is 5.58. The number of aromatic nitrogens is 1. The highest BCUT2D eigenvalue weighted by Gasteiger charge is 2.25.